The predicted octanol–water partition coefficient (Wildman–Crippen LogP) is 4.30. The maximum absolute atomic E-state index is 4.43. The van der Waals surface area contributed by atoms with E-state index in [1.807, 2.05) is 19.2 Å². The first-order valence-corrected chi connectivity index (χ1v) is 8.80. The molecular formula is C20H23N5. The van der Waals surface area contributed by atoms with Crippen molar-refractivity contribution in [1.29, 1.82) is 0 Å². The second-order valence-electron chi connectivity index (χ2n) is 6.67. The summed E-state index contributed by atoms with van der Waals surface area (Å²) in [7, 11) is 0. The minimum Gasteiger partial charge on any atom is -0.354 e. The molecule has 5 heteroatoms. The summed E-state index contributed by atoms with van der Waals surface area (Å²) < 4.78 is 0. The molecule has 3 aromatic heterocycles. The van der Waals surface area contributed by atoms with Gasteiger partial charge in [0, 0.05) is 40.9 Å². The smallest absolute Gasteiger partial charge is 0.178 e. The summed E-state index contributed by atoms with van der Waals surface area (Å²) in [6.45, 7) is 7.26. The van der Waals surface area contributed by atoms with E-state index in [9.17, 15) is 0 Å². The minimum absolute atomic E-state index is 0.534. The molecule has 0 aliphatic heterocycles. The molecule has 25 heavy (non-hydrogen) atoms. The van der Waals surface area contributed by atoms with E-state index in [4.69, 9.17) is 0 Å². The van der Waals surface area contributed by atoms with Crippen LogP contribution in [0.5, 0.6) is 0 Å². The molecule has 0 aliphatic carbocycles. The Balaban J connectivity index is 1.71. The molecule has 3 heterocycles. The Morgan fingerprint density at radius 1 is 1.16 bits per heavy atom. The lowest BCUT2D eigenvalue weighted by molar-refractivity contribution is 0.534. The third-order valence-electron chi connectivity index (χ3n) is 4.75. The highest BCUT2D eigenvalue weighted by atomic mass is 15.0. The SMILES string of the molecule is CCC(C)NCc1ccc2[nH]c(-c3ccnc4nc(C)[nH]c34)cc2c1. The van der Waals surface area contributed by atoms with Gasteiger partial charge in [0.15, 0.2) is 5.65 Å². The highest BCUT2D eigenvalue weighted by molar-refractivity contribution is 5.94. The lowest BCUT2D eigenvalue weighted by Crippen LogP contribution is -2.24. The number of hydrogen-bond acceptors (Lipinski definition) is 3. The van der Waals surface area contributed by atoms with Gasteiger partial charge >= 0.3 is 0 Å². The third-order valence-corrected chi connectivity index (χ3v) is 4.75. The summed E-state index contributed by atoms with van der Waals surface area (Å²) in [6, 6.07) is 11.3. The van der Waals surface area contributed by atoms with Gasteiger partial charge in [-0.05, 0) is 50.1 Å². The topological polar surface area (TPSA) is 69.4 Å². The van der Waals surface area contributed by atoms with Crippen molar-refractivity contribution in [2.45, 2.75) is 39.8 Å². The van der Waals surface area contributed by atoms with Crippen LogP contribution in [0, 0.1) is 6.92 Å². The molecule has 0 fully saturated rings. The van der Waals surface area contributed by atoms with Crippen LogP contribution in [-0.2, 0) is 6.54 Å². The van der Waals surface area contributed by atoms with Crippen molar-refractivity contribution in [3.05, 3.63) is 47.9 Å². The maximum atomic E-state index is 4.43. The molecule has 0 radical (unpaired) electrons. The fourth-order valence-corrected chi connectivity index (χ4v) is 3.12. The summed E-state index contributed by atoms with van der Waals surface area (Å²) in [4.78, 5) is 15.6. The number of pyridine rings is 1. The van der Waals surface area contributed by atoms with Crippen molar-refractivity contribution in [3.63, 3.8) is 0 Å². The quantitative estimate of drug-likeness (QED) is 0.510. The molecule has 4 aromatic rings. The molecule has 128 valence electrons. The molecule has 0 bridgehead atoms. The fraction of sp³-hybridized carbons (Fsp3) is 0.300. The van der Waals surface area contributed by atoms with Crippen LogP contribution in [0.15, 0.2) is 36.5 Å². The van der Waals surface area contributed by atoms with Gasteiger partial charge < -0.3 is 15.3 Å². The lowest BCUT2D eigenvalue weighted by atomic mass is 10.1. The zero-order valence-corrected chi connectivity index (χ0v) is 14.9. The van der Waals surface area contributed by atoms with Gasteiger partial charge in [0.05, 0.1) is 5.52 Å². The number of H-pyrrole nitrogens is 2. The second kappa shape index (κ2) is 6.33. The van der Waals surface area contributed by atoms with Crippen molar-refractivity contribution in [1.82, 2.24) is 25.3 Å². The van der Waals surface area contributed by atoms with E-state index < -0.39 is 0 Å². The highest BCUT2D eigenvalue weighted by Crippen LogP contribution is 2.29. The average Bonchev–Trinajstić information content (AvgIpc) is 3.20. The van der Waals surface area contributed by atoms with E-state index in [0.717, 1.165) is 46.7 Å². The Hall–Kier alpha value is -2.66. The molecule has 5 nitrogen and oxygen atoms in total. The van der Waals surface area contributed by atoms with E-state index in [1.54, 1.807) is 0 Å². The van der Waals surface area contributed by atoms with Crippen LogP contribution in [0.25, 0.3) is 33.3 Å². The molecule has 3 N–H and O–H groups in total. The normalized spacial score (nSPS) is 12.9. The van der Waals surface area contributed by atoms with E-state index in [0.29, 0.717) is 6.04 Å². The molecule has 1 unspecified atom stereocenters. The number of hydrogen-bond donors (Lipinski definition) is 3. The van der Waals surface area contributed by atoms with Crippen molar-refractivity contribution < 1.29 is 0 Å². The summed E-state index contributed by atoms with van der Waals surface area (Å²) >= 11 is 0. The van der Waals surface area contributed by atoms with Crippen LogP contribution in [-0.4, -0.2) is 26.0 Å². The number of nitrogens with one attached hydrogen (secondary N) is 3. The van der Waals surface area contributed by atoms with Crippen LogP contribution in [0.1, 0.15) is 31.7 Å². The van der Waals surface area contributed by atoms with Crippen molar-refractivity contribution in [2.75, 3.05) is 0 Å². The minimum atomic E-state index is 0.534. The summed E-state index contributed by atoms with van der Waals surface area (Å²) in [5.41, 5.74) is 6.36. The van der Waals surface area contributed by atoms with Crippen molar-refractivity contribution >= 4 is 22.1 Å². The van der Waals surface area contributed by atoms with E-state index in [-0.39, 0.29) is 0 Å². The number of nitrogens with zero attached hydrogens (tertiary/aromatic N) is 2. The number of rotatable bonds is 5. The fourth-order valence-electron chi connectivity index (χ4n) is 3.12. The van der Waals surface area contributed by atoms with Crippen LogP contribution in [0.3, 0.4) is 0 Å². The molecule has 0 spiro atoms. The molecule has 0 saturated carbocycles. The van der Waals surface area contributed by atoms with Crippen molar-refractivity contribution in [2.24, 2.45) is 0 Å². The van der Waals surface area contributed by atoms with Gasteiger partial charge in [0.25, 0.3) is 0 Å². The number of fused-ring (bicyclic) bond motifs is 2. The van der Waals surface area contributed by atoms with Crippen LogP contribution < -0.4 is 5.32 Å². The van der Waals surface area contributed by atoms with Gasteiger partial charge in [-0.2, -0.15) is 0 Å². The molecular weight excluding hydrogens is 310 g/mol. The predicted molar refractivity (Wildman–Crippen MR) is 103 cm³/mol. The van der Waals surface area contributed by atoms with E-state index in [2.05, 4.69) is 63.4 Å². The Labute approximate surface area is 146 Å². The lowest BCUT2D eigenvalue weighted by Gasteiger charge is -2.11. The molecule has 1 aromatic carbocycles. The largest absolute Gasteiger partial charge is 0.354 e. The van der Waals surface area contributed by atoms with Crippen LogP contribution in [0.2, 0.25) is 0 Å². The maximum Gasteiger partial charge on any atom is 0.178 e. The third kappa shape index (κ3) is 3.03. The Kier molecular flexibility index (Phi) is 4.01. The summed E-state index contributed by atoms with van der Waals surface area (Å²) in [5, 5.41) is 4.77. The van der Waals surface area contributed by atoms with Gasteiger partial charge in [-0.25, -0.2) is 9.97 Å². The number of imidazole rings is 1. The Morgan fingerprint density at radius 3 is 2.88 bits per heavy atom. The van der Waals surface area contributed by atoms with Gasteiger partial charge in [-0.1, -0.05) is 13.0 Å². The van der Waals surface area contributed by atoms with Gasteiger partial charge in [0.2, 0.25) is 0 Å². The monoisotopic (exact) mass is 333 g/mol. The molecule has 1 atom stereocenters. The van der Waals surface area contributed by atoms with Crippen LogP contribution >= 0.6 is 0 Å². The Bertz CT molecular complexity index is 1030. The molecule has 0 aliphatic rings. The standard InChI is InChI=1S/C20H23N5/c1-4-12(2)22-11-14-5-6-17-15(9-14)10-18(25-17)16-7-8-21-20-19(16)23-13(3)24-20/h5-10,12,22,25H,4,11H2,1-3H3,(H,21,23,24). The first kappa shape index (κ1) is 15.8. The average molecular weight is 333 g/mol. The number of benzene rings is 1. The number of aromatic amines is 2. The van der Waals surface area contributed by atoms with Crippen molar-refractivity contribution in [3.8, 4) is 11.3 Å². The van der Waals surface area contributed by atoms with E-state index >= 15 is 0 Å². The highest BCUT2D eigenvalue weighted by Gasteiger charge is 2.11. The molecule has 0 saturated heterocycles. The van der Waals surface area contributed by atoms with Gasteiger partial charge in [-0.15, -0.1) is 0 Å². The molecule has 4 rings (SSSR count). The van der Waals surface area contributed by atoms with Crippen LogP contribution in [0.4, 0.5) is 0 Å². The first-order valence-electron chi connectivity index (χ1n) is 8.80. The second-order valence-corrected chi connectivity index (χ2v) is 6.67. The van der Waals surface area contributed by atoms with E-state index in [1.165, 1.54) is 10.9 Å². The van der Waals surface area contributed by atoms with Gasteiger partial charge in [-0.3, -0.25) is 0 Å². The number of aromatic nitrogens is 4. The van der Waals surface area contributed by atoms with Gasteiger partial charge in [0.1, 0.15) is 5.82 Å². The zero-order valence-electron chi connectivity index (χ0n) is 14.9. The number of aryl methyl sites for hydroxylation is 1. The zero-order chi connectivity index (χ0) is 17.4. The first-order chi connectivity index (χ1) is 12.1. The molecule has 0 amide bonds. The summed E-state index contributed by atoms with van der Waals surface area (Å²) in [5.74, 6) is 0.879. The Morgan fingerprint density at radius 2 is 2.04 bits per heavy atom. The summed E-state index contributed by atoms with van der Waals surface area (Å²) in [6.07, 6.45) is 2.95.